The van der Waals surface area contributed by atoms with Crippen LogP contribution in [0.5, 0.6) is 0 Å². The molecule has 1 atom stereocenters. The number of carbonyl (C=O) groups excluding carboxylic acids is 1. The number of aliphatic carboxylic acids is 1. The van der Waals surface area contributed by atoms with Gasteiger partial charge in [-0.05, 0) is 31.6 Å². The lowest BCUT2D eigenvalue weighted by molar-refractivity contribution is -0.144. The zero-order chi connectivity index (χ0) is 13.9. The number of rotatable bonds is 3. The normalized spacial score (nSPS) is 34.8. The van der Waals surface area contributed by atoms with Crippen molar-refractivity contribution in [3.8, 4) is 0 Å². The molecular formula is C13H22N2O4. The first kappa shape index (κ1) is 14.1. The molecule has 6 heteroatoms. The van der Waals surface area contributed by atoms with E-state index in [0.29, 0.717) is 13.0 Å². The Hall–Kier alpha value is -1.30. The molecule has 1 heterocycles. The molecule has 2 amide bonds. The maximum Gasteiger partial charge on any atom is 0.332 e. The van der Waals surface area contributed by atoms with Gasteiger partial charge in [-0.3, -0.25) is 0 Å². The van der Waals surface area contributed by atoms with Crippen molar-refractivity contribution in [2.45, 2.75) is 50.6 Å². The van der Waals surface area contributed by atoms with E-state index >= 15 is 0 Å². The molecule has 108 valence electrons. The number of carboxylic acid groups (broad SMARTS) is 1. The number of carbonyl (C=O) groups is 2. The summed E-state index contributed by atoms with van der Waals surface area (Å²) in [6, 6.07) is -0.239. The number of ether oxygens (including phenoxy) is 1. The van der Waals surface area contributed by atoms with Crippen LogP contribution in [0.1, 0.15) is 39.0 Å². The second-order valence-corrected chi connectivity index (χ2v) is 5.75. The molecule has 1 saturated heterocycles. The maximum absolute atomic E-state index is 11.9. The van der Waals surface area contributed by atoms with Crippen LogP contribution in [0.25, 0.3) is 0 Å². The molecular weight excluding hydrogens is 248 g/mol. The molecule has 0 aromatic heterocycles. The summed E-state index contributed by atoms with van der Waals surface area (Å²) in [5, 5.41) is 14.7. The molecule has 1 aliphatic heterocycles. The summed E-state index contributed by atoms with van der Waals surface area (Å²) in [5.74, 6) is -0.313. The minimum Gasteiger partial charge on any atom is -0.479 e. The summed E-state index contributed by atoms with van der Waals surface area (Å²) in [6.07, 6.45) is 4.46. The zero-order valence-electron chi connectivity index (χ0n) is 11.3. The minimum absolute atomic E-state index is 0.0391. The third-order valence-electron chi connectivity index (χ3n) is 4.13. The fraction of sp³-hybridized carbons (Fsp3) is 0.846. The molecule has 1 saturated carbocycles. The topological polar surface area (TPSA) is 87.7 Å². The fourth-order valence-corrected chi connectivity index (χ4v) is 2.73. The lowest BCUT2D eigenvalue weighted by atomic mass is 9.87. The van der Waals surface area contributed by atoms with Crippen molar-refractivity contribution in [2.24, 2.45) is 5.92 Å². The van der Waals surface area contributed by atoms with E-state index in [2.05, 4.69) is 17.6 Å². The first-order valence-electron chi connectivity index (χ1n) is 6.92. The minimum atomic E-state index is -1.26. The van der Waals surface area contributed by atoms with E-state index in [4.69, 9.17) is 4.74 Å². The van der Waals surface area contributed by atoms with Crippen molar-refractivity contribution in [1.29, 1.82) is 0 Å². The highest BCUT2D eigenvalue weighted by Crippen LogP contribution is 2.24. The Balaban J connectivity index is 1.85. The lowest BCUT2D eigenvalue weighted by Crippen LogP contribution is -2.59. The summed E-state index contributed by atoms with van der Waals surface area (Å²) in [7, 11) is 0. The van der Waals surface area contributed by atoms with Gasteiger partial charge in [0.2, 0.25) is 0 Å². The third-order valence-corrected chi connectivity index (χ3v) is 4.13. The zero-order valence-corrected chi connectivity index (χ0v) is 11.3. The van der Waals surface area contributed by atoms with Crippen LogP contribution in [-0.2, 0) is 9.53 Å². The van der Waals surface area contributed by atoms with Crippen LogP contribution in [0.4, 0.5) is 4.79 Å². The summed E-state index contributed by atoms with van der Waals surface area (Å²) >= 11 is 0. The van der Waals surface area contributed by atoms with Gasteiger partial charge >= 0.3 is 12.0 Å². The Bertz CT molecular complexity index is 345. The highest BCUT2D eigenvalue weighted by molar-refractivity contribution is 5.86. The van der Waals surface area contributed by atoms with E-state index in [-0.39, 0.29) is 12.6 Å². The van der Waals surface area contributed by atoms with Crippen LogP contribution in [-0.4, -0.2) is 41.9 Å². The summed E-state index contributed by atoms with van der Waals surface area (Å²) in [4.78, 5) is 23.2. The molecule has 0 radical (unpaired) electrons. The van der Waals surface area contributed by atoms with E-state index < -0.39 is 17.5 Å². The van der Waals surface area contributed by atoms with Crippen LogP contribution in [0, 0.1) is 5.92 Å². The predicted octanol–water partition coefficient (Wildman–Crippen LogP) is 1.11. The summed E-state index contributed by atoms with van der Waals surface area (Å²) in [6.45, 7) is 2.62. The molecule has 0 aromatic rings. The number of nitrogens with one attached hydrogen (secondary N) is 2. The second kappa shape index (κ2) is 5.77. The summed E-state index contributed by atoms with van der Waals surface area (Å²) < 4.78 is 5.10. The average Bonchev–Trinajstić information content (AvgIpc) is 2.82. The molecule has 1 unspecified atom stereocenters. The Kier molecular flexibility index (Phi) is 4.29. The molecule has 19 heavy (non-hydrogen) atoms. The second-order valence-electron chi connectivity index (χ2n) is 5.75. The Morgan fingerprint density at radius 3 is 2.47 bits per heavy atom. The van der Waals surface area contributed by atoms with Gasteiger partial charge in [0.1, 0.15) is 0 Å². The standard InChI is InChI=1S/C13H22N2O4/c1-9-2-4-10(5-3-9)14-12(18)15-13(11(16)17)6-7-19-8-13/h9-10H,2-8H2,1H3,(H,16,17)(H2,14,15,18). The van der Waals surface area contributed by atoms with Crippen LogP contribution in [0.15, 0.2) is 0 Å². The molecule has 3 N–H and O–H groups in total. The number of hydrogen-bond acceptors (Lipinski definition) is 3. The van der Waals surface area contributed by atoms with Gasteiger partial charge in [0, 0.05) is 19.1 Å². The van der Waals surface area contributed by atoms with Gasteiger partial charge in [0.15, 0.2) is 5.54 Å². The molecule has 0 bridgehead atoms. The number of amides is 2. The average molecular weight is 270 g/mol. The predicted molar refractivity (Wildman–Crippen MR) is 68.9 cm³/mol. The van der Waals surface area contributed by atoms with E-state index in [1.807, 2.05) is 0 Å². The number of urea groups is 1. The van der Waals surface area contributed by atoms with Gasteiger partial charge in [-0.2, -0.15) is 0 Å². The van der Waals surface area contributed by atoms with Gasteiger partial charge < -0.3 is 20.5 Å². The molecule has 2 rings (SSSR count). The van der Waals surface area contributed by atoms with Gasteiger partial charge in [0.05, 0.1) is 6.61 Å². The van der Waals surface area contributed by atoms with E-state index in [0.717, 1.165) is 31.6 Å². The van der Waals surface area contributed by atoms with Crippen molar-refractivity contribution in [3.63, 3.8) is 0 Å². The fourth-order valence-electron chi connectivity index (χ4n) is 2.73. The highest BCUT2D eigenvalue weighted by atomic mass is 16.5. The first-order chi connectivity index (χ1) is 9.02. The van der Waals surface area contributed by atoms with E-state index in [9.17, 15) is 14.7 Å². The molecule has 6 nitrogen and oxygen atoms in total. The number of carboxylic acids is 1. The molecule has 0 spiro atoms. The Morgan fingerprint density at radius 2 is 1.95 bits per heavy atom. The lowest BCUT2D eigenvalue weighted by Gasteiger charge is -2.29. The quantitative estimate of drug-likeness (QED) is 0.717. The van der Waals surface area contributed by atoms with Crippen LogP contribution < -0.4 is 10.6 Å². The van der Waals surface area contributed by atoms with Gasteiger partial charge in [-0.25, -0.2) is 9.59 Å². The number of hydrogen-bond donors (Lipinski definition) is 3. The largest absolute Gasteiger partial charge is 0.479 e. The Morgan fingerprint density at radius 1 is 1.26 bits per heavy atom. The summed E-state index contributed by atoms with van der Waals surface area (Å²) in [5.41, 5.74) is -1.26. The highest BCUT2D eigenvalue weighted by Gasteiger charge is 2.44. The monoisotopic (exact) mass is 270 g/mol. The molecule has 2 fully saturated rings. The van der Waals surface area contributed by atoms with Crippen LogP contribution in [0.3, 0.4) is 0 Å². The van der Waals surface area contributed by atoms with Gasteiger partial charge in [-0.1, -0.05) is 6.92 Å². The first-order valence-corrected chi connectivity index (χ1v) is 6.92. The van der Waals surface area contributed by atoms with Crippen molar-refractivity contribution >= 4 is 12.0 Å². The molecule has 0 aromatic carbocycles. The van der Waals surface area contributed by atoms with Gasteiger partial charge in [0.25, 0.3) is 0 Å². The van der Waals surface area contributed by atoms with Crippen LogP contribution in [0.2, 0.25) is 0 Å². The van der Waals surface area contributed by atoms with Crippen molar-refractivity contribution in [2.75, 3.05) is 13.2 Å². The van der Waals surface area contributed by atoms with Crippen LogP contribution >= 0.6 is 0 Å². The van der Waals surface area contributed by atoms with Gasteiger partial charge in [-0.15, -0.1) is 0 Å². The molecule has 2 aliphatic rings. The third kappa shape index (κ3) is 3.37. The molecule has 1 aliphatic carbocycles. The Labute approximate surface area is 112 Å². The van der Waals surface area contributed by atoms with Crippen molar-refractivity contribution < 1.29 is 19.4 Å². The SMILES string of the molecule is CC1CCC(NC(=O)NC2(C(=O)O)CCOC2)CC1. The van der Waals surface area contributed by atoms with E-state index in [1.54, 1.807) is 0 Å². The van der Waals surface area contributed by atoms with Crippen molar-refractivity contribution in [1.82, 2.24) is 10.6 Å². The smallest absolute Gasteiger partial charge is 0.332 e. The van der Waals surface area contributed by atoms with Crippen molar-refractivity contribution in [3.05, 3.63) is 0 Å². The maximum atomic E-state index is 11.9. The van der Waals surface area contributed by atoms with E-state index in [1.165, 1.54) is 0 Å².